The number of nitrogens with zero attached hydrogens (tertiary/aromatic N) is 1. The number of benzene rings is 3. The summed E-state index contributed by atoms with van der Waals surface area (Å²) in [5, 5.41) is 10.5. The van der Waals surface area contributed by atoms with Gasteiger partial charge >= 0.3 is 5.97 Å². The van der Waals surface area contributed by atoms with Crippen LogP contribution in [0.3, 0.4) is 0 Å². The van der Waals surface area contributed by atoms with Crippen LogP contribution in [0.1, 0.15) is 54.7 Å². The van der Waals surface area contributed by atoms with Crippen LogP contribution in [-0.2, 0) is 26.1 Å². The second-order valence-corrected chi connectivity index (χ2v) is 13.4. The summed E-state index contributed by atoms with van der Waals surface area (Å²) >= 11 is 0. The van der Waals surface area contributed by atoms with Crippen LogP contribution in [-0.4, -0.2) is 44.6 Å². The van der Waals surface area contributed by atoms with Gasteiger partial charge in [0, 0.05) is 22.3 Å². The predicted octanol–water partition coefficient (Wildman–Crippen LogP) is 6.08. The summed E-state index contributed by atoms with van der Waals surface area (Å²) in [4.78, 5) is 12.9. The molecular formula is C31H34FNO7S. The maximum absolute atomic E-state index is 15.6. The fourth-order valence-electron chi connectivity index (χ4n) is 5.91. The van der Waals surface area contributed by atoms with Crippen molar-refractivity contribution in [3.63, 3.8) is 0 Å². The molecule has 0 fully saturated rings. The first-order valence-electron chi connectivity index (χ1n) is 13.3. The topological polar surface area (TPSA) is 102 Å². The van der Waals surface area contributed by atoms with Gasteiger partial charge in [0.25, 0.3) is 0 Å². The van der Waals surface area contributed by atoms with Crippen molar-refractivity contribution in [2.75, 3.05) is 23.8 Å². The first-order chi connectivity index (χ1) is 19.1. The summed E-state index contributed by atoms with van der Waals surface area (Å²) in [6.07, 6.45) is -0.362. The fraction of sp³-hybridized carbons (Fsp3) is 0.387. The lowest BCUT2D eigenvalue weighted by atomic mass is 9.79. The maximum Gasteiger partial charge on any atom is 0.337 e. The van der Waals surface area contributed by atoms with Crippen molar-refractivity contribution in [3.8, 4) is 33.8 Å². The zero-order valence-electron chi connectivity index (χ0n) is 24.2. The van der Waals surface area contributed by atoms with E-state index in [-0.39, 0.29) is 12.2 Å². The second kappa shape index (κ2) is 10.0. The number of hydrogen-bond donors (Lipinski definition) is 1. The highest BCUT2D eigenvalue weighted by atomic mass is 32.2. The van der Waals surface area contributed by atoms with Crippen molar-refractivity contribution in [3.05, 3.63) is 64.0 Å². The van der Waals surface area contributed by atoms with Gasteiger partial charge in [0.15, 0.2) is 17.6 Å². The quantitative estimate of drug-likeness (QED) is 0.389. The zero-order chi connectivity index (χ0) is 30.0. The van der Waals surface area contributed by atoms with Crippen molar-refractivity contribution < 1.29 is 36.9 Å². The summed E-state index contributed by atoms with van der Waals surface area (Å²) in [5.74, 6) is -0.598. The Morgan fingerprint density at radius 3 is 2.32 bits per heavy atom. The lowest BCUT2D eigenvalue weighted by Gasteiger charge is -2.37. The van der Waals surface area contributed by atoms with E-state index in [1.165, 1.54) is 10.4 Å². The van der Waals surface area contributed by atoms with Gasteiger partial charge in [0.2, 0.25) is 10.0 Å². The zero-order valence-corrected chi connectivity index (χ0v) is 25.0. The Morgan fingerprint density at radius 1 is 1.00 bits per heavy atom. The molecule has 2 aliphatic rings. The number of fused-ring (bicyclic) bond motifs is 4. The normalized spacial score (nSPS) is 15.3. The molecule has 0 amide bonds. The predicted molar refractivity (Wildman–Crippen MR) is 155 cm³/mol. The molecule has 1 N–H and O–H groups in total. The van der Waals surface area contributed by atoms with Crippen LogP contribution in [0.25, 0.3) is 22.3 Å². The molecule has 0 radical (unpaired) electrons. The van der Waals surface area contributed by atoms with Gasteiger partial charge in [-0.2, -0.15) is 0 Å². The summed E-state index contributed by atoms with van der Waals surface area (Å²) in [7, 11) is -3.84. The first kappa shape index (κ1) is 28.9. The molecule has 2 heterocycles. The second-order valence-electron chi connectivity index (χ2n) is 11.5. The van der Waals surface area contributed by atoms with E-state index in [0.29, 0.717) is 69.2 Å². The van der Waals surface area contributed by atoms with Crippen LogP contribution in [0, 0.1) is 26.6 Å². The van der Waals surface area contributed by atoms with Gasteiger partial charge in [-0.05, 0) is 81.5 Å². The van der Waals surface area contributed by atoms with E-state index in [1.807, 2.05) is 13.0 Å². The molecule has 41 heavy (non-hydrogen) atoms. The Balaban J connectivity index is 1.98. The van der Waals surface area contributed by atoms with Crippen molar-refractivity contribution in [2.45, 2.75) is 59.8 Å². The van der Waals surface area contributed by atoms with Crippen LogP contribution in [0.2, 0.25) is 0 Å². The average Bonchev–Trinajstić information content (AvgIpc) is 2.88. The summed E-state index contributed by atoms with van der Waals surface area (Å²) in [5.41, 5.74) is 3.73. The minimum absolute atomic E-state index is 0.0844. The van der Waals surface area contributed by atoms with Crippen LogP contribution in [0.15, 0.2) is 30.3 Å². The van der Waals surface area contributed by atoms with E-state index in [1.54, 1.807) is 52.8 Å². The number of carboxylic acid groups (broad SMARTS) is 1. The van der Waals surface area contributed by atoms with Gasteiger partial charge in [-0.15, -0.1) is 0 Å². The molecule has 0 unspecified atom stereocenters. The van der Waals surface area contributed by atoms with Crippen LogP contribution in [0.5, 0.6) is 11.5 Å². The Morgan fingerprint density at radius 2 is 1.68 bits per heavy atom. The smallest absolute Gasteiger partial charge is 0.337 e. The first-order valence-corrected chi connectivity index (χ1v) is 15.2. The molecule has 10 heteroatoms. The molecule has 3 aromatic rings. The minimum atomic E-state index is -3.84. The number of rotatable bonds is 5. The highest BCUT2D eigenvalue weighted by Gasteiger charge is 2.39. The largest absolute Gasteiger partial charge is 0.486 e. The van der Waals surface area contributed by atoms with Gasteiger partial charge in [-0.1, -0.05) is 18.2 Å². The molecule has 218 valence electrons. The molecule has 2 aliphatic heterocycles. The number of anilines is 1. The standard InChI is InChI=1S/C31H34FNO7S/c1-16-20(11-12-22-28(16)39-14-13-38-22)23-17(2)24-26-19(9-8-10-21(26)32)15-33(41(7,36)37)27(24)18(3)25(23)29(30(34)35)40-31(4,5)6/h8-12,29H,13-15H2,1-7H3,(H,34,35)/t29-/m0/s1. The Kier molecular flexibility index (Phi) is 7.06. The number of halogens is 1. The van der Waals surface area contributed by atoms with Gasteiger partial charge in [-0.3, -0.25) is 4.31 Å². The van der Waals surface area contributed by atoms with Crippen LogP contribution >= 0.6 is 0 Å². The van der Waals surface area contributed by atoms with E-state index < -0.39 is 33.5 Å². The molecule has 0 saturated heterocycles. The Bertz CT molecular complexity index is 1690. The summed E-state index contributed by atoms with van der Waals surface area (Å²) in [6, 6.07) is 8.21. The number of carboxylic acids is 1. The number of sulfonamides is 1. The Labute approximate surface area is 239 Å². The number of ether oxygens (including phenoxy) is 3. The maximum atomic E-state index is 15.6. The van der Waals surface area contributed by atoms with E-state index >= 15 is 4.39 Å². The number of carbonyl (C=O) groups is 1. The molecule has 0 aliphatic carbocycles. The van der Waals surface area contributed by atoms with Crippen molar-refractivity contribution in [2.24, 2.45) is 0 Å². The molecule has 0 spiro atoms. The number of hydrogen-bond acceptors (Lipinski definition) is 6. The van der Waals surface area contributed by atoms with Crippen LogP contribution in [0.4, 0.5) is 10.1 Å². The van der Waals surface area contributed by atoms with Gasteiger partial charge < -0.3 is 19.3 Å². The SMILES string of the molecule is Cc1c(-c2c(C)c3c(c(C)c2[C@H](OC(C)(C)C)C(=O)O)N(S(C)(=O)=O)Cc2cccc(F)c2-3)ccc2c1OCCO2. The summed E-state index contributed by atoms with van der Waals surface area (Å²) < 4.78 is 61.0. The summed E-state index contributed by atoms with van der Waals surface area (Å²) in [6.45, 7) is 11.3. The van der Waals surface area contributed by atoms with Crippen molar-refractivity contribution in [1.82, 2.24) is 0 Å². The van der Waals surface area contributed by atoms with Gasteiger partial charge in [-0.25, -0.2) is 17.6 Å². The third kappa shape index (κ3) is 4.93. The molecule has 3 aromatic carbocycles. The van der Waals surface area contributed by atoms with Gasteiger partial charge in [0.1, 0.15) is 19.0 Å². The molecular weight excluding hydrogens is 549 g/mol. The monoisotopic (exact) mass is 583 g/mol. The molecule has 0 saturated carbocycles. The fourth-order valence-corrected chi connectivity index (χ4v) is 6.84. The lowest BCUT2D eigenvalue weighted by Crippen LogP contribution is -2.35. The molecule has 5 rings (SSSR count). The van der Waals surface area contributed by atoms with E-state index in [9.17, 15) is 18.3 Å². The van der Waals surface area contributed by atoms with Crippen LogP contribution < -0.4 is 13.8 Å². The van der Waals surface area contributed by atoms with E-state index in [0.717, 1.165) is 11.8 Å². The third-order valence-electron chi connectivity index (χ3n) is 7.51. The molecule has 8 nitrogen and oxygen atoms in total. The lowest BCUT2D eigenvalue weighted by molar-refractivity contribution is -0.160. The number of aliphatic carboxylic acids is 1. The van der Waals surface area contributed by atoms with E-state index in [4.69, 9.17) is 14.2 Å². The van der Waals surface area contributed by atoms with Crippen molar-refractivity contribution in [1.29, 1.82) is 0 Å². The van der Waals surface area contributed by atoms with Gasteiger partial charge in [0.05, 0.1) is 24.1 Å². The van der Waals surface area contributed by atoms with Crippen molar-refractivity contribution >= 4 is 21.7 Å². The molecule has 1 atom stereocenters. The Hall–Kier alpha value is -3.63. The van der Waals surface area contributed by atoms with E-state index in [2.05, 4.69) is 0 Å². The highest BCUT2D eigenvalue weighted by Crippen LogP contribution is 2.53. The molecule has 0 bridgehead atoms. The molecule has 0 aromatic heterocycles. The average molecular weight is 584 g/mol. The minimum Gasteiger partial charge on any atom is -0.486 e. The highest BCUT2D eigenvalue weighted by molar-refractivity contribution is 7.92. The third-order valence-corrected chi connectivity index (χ3v) is 8.63.